The van der Waals surface area contributed by atoms with Crippen LogP contribution >= 0.6 is 15.9 Å². The van der Waals surface area contributed by atoms with Crippen LogP contribution in [0.1, 0.15) is 24.6 Å². The van der Waals surface area contributed by atoms with Crippen LogP contribution in [-0.2, 0) is 0 Å². The van der Waals surface area contributed by atoms with Crippen molar-refractivity contribution in [1.29, 1.82) is 0 Å². The Labute approximate surface area is 113 Å². The van der Waals surface area contributed by atoms with Gasteiger partial charge in [0.25, 0.3) is 6.43 Å². The maximum Gasteiger partial charge on any atom is 0.280 e. The van der Waals surface area contributed by atoms with Crippen molar-refractivity contribution in [3.05, 3.63) is 33.9 Å². The van der Waals surface area contributed by atoms with Gasteiger partial charge >= 0.3 is 0 Å². The molecule has 2 aromatic rings. The highest BCUT2D eigenvalue weighted by molar-refractivity contribution is 9.10. The van der Waals surface area contributed by atoms with Gasteiger partial charge in [0, 0.05) is 22.1 Å². The van der Waals surface area contributed by atoms with E-state index in [1.54, 1.807) is 0 Å². The molecule has 0 atom stereocenters. The van der Waals surface area contributed by atoms with E-state index >= 15 is 0 Å². The van der Waals surface area contributed by atoms with Crippen molar-refractivity contribution in [3.8, 4) is 0 Å². The molecule has 0 saturated carbocycles. The zero-order valence-electron chi connectivity index (χ0n) is 10.1. The molecule has 18 heavy (non-hydrogen) atoms. The SMILES string of the molecule is CCNc1cc(C(F)F)nc2c(Br)cc(C)cc12. The molecular formula is C13H13BrF2N2. The van der Waals surface area contributed by atoms with Crippen molar-refractivity contribution in [2.45, 2.75) is 20.3 Å². The number of hydrogen-bond donors (Lipinski definition) is 1. The number of aromatic nitrogens is 1. The van der Waals surface area contributed by atoms with Crippen molar-refractivity contribution in [2.75, 3.05) is 11.9 Å². The number of halogens is 3. The van der Waals surface area contributed by atoms with Gasteiger partial charge in [-0.25, -0.2) is 13.8 Å². The molecular weight excluding hydrogens is 302 g/mol. The lowest BCUT2D eigenvalue weighted by Gasteiger charge is -2.12. The van der Waals surface area contributed by atoms with Crippen LogP contribution in [0.4, 0.5) is 14.5 Å². The monoisotopic (exact) mass is 314 g/mol. The van der Waals surface area contributed by atoms with Crippen molar-refractivity contribution < 1.29 is 8.78 Å². The predicted octanol–water partition coefficient (Wildman–Crippen LogP) is 4.68. The molecule has 0 aliphatic rings. The second-order valence-corrected chi connectivity index (χ2v) is 4.92. The van der Waals surface area contributed by atoms with E-state index in [1.807, 2.05) is 26.0 Å². The highest BCUT2D eigenvalue weighted by Crippen LogP contribution is 2.32. The van der Waals surface area contributed by atoms with Gasteiger partial charge in [-0.2, -0.15) is 0 Å². The molecule has 1 heterocycles. The third kappa shape index (κ3) is 2.46. The Morgan fingerprint density at radius 1 is 1.33 bits per heavy atom. The second-order valence-electron chi connectivity index (χ2n) is 4.07. The maximum atomic E-state index is 12.8. The summed E-state index contributed by atoms with van der Waals surface area (Å²) in [5.41, 5.74) is 2.11. The number of fused-ring (bicyclic) bond motifs is 1. The van der Waals surface area contributed by atoms with E-state index in [4.69, 9.17) is 0 Å². The quantitative estimate of drug-likeness (QED) is 0.890. The molecule has 0 unspecified atom stereocenters. The lowest BCUT2D eigenvalue weighted by atomic mass is 10.1. The van der Waals surface area contributed by atoms with E-state index in [9.17, 15) is 8.78 Å². The van der Waals surface area contributed by atoms with E-state index in [-0.39, 0.29) is 5.69 Å². The molecule has 0 spiro atoms. The summed E-state index contributed by atoms with van der Waals surface area (Å²) >= 11 is 3.38. The zero-order valence-corrected chi connectivity index (χ0v) is 11.7. The highest BCUT2D eigenvalue weighted by Gasteiger charge is 2.14. The topological polar surface area (TPSA) is 24.9 Å². The van der Waals surface area contributed by atoms with Crippen LogP contribution in [0.2, 0.25) is 0 Å². The predicted molar refractivity (Wildman–Crippen MR) is 73.3 cm³/mol. The molecule has 2 nitrogen and oxygen atoms in total. The van der Waals surface area contributed by atoms with Gasteiger partial charge in [0.2, 0.25) is 0 Å². The first kappa shape index (κ1) is 13.2. The average molecular weight is 315 g/mol. The van der Waals surface area contributed by atoms with E-state index < -0.39 is 6.43 Å². The third-order valence-electron chi connectivity index (χ3n) is 2.62. The number of pyridine rings is 1. The lowest BCUT2D eigenvalue weighted by molar-refractivity contribution is 0.146. The highest BCUT2D eigenvalue weighted by atomic mass is 79.9. The van der Waals surface area contributed by atoms with Crippen LogP contribution in [0.15, 0.2) is 22.7 Å². The summed E-state index contributed by atoms with van der Waals surface area (Å²) in [6.07, 6.45) is -2.57. The molecule has 0 aliphatic carbocycles. The summed E-state index contributed by atoms with van der Waals surface area (Å²) < 4.78 is 26.4. The Kier molecular flexibility index (Phi) is 3.80. The number of anilines is 1. The fraction of sp³-hybridized carbons (Fsp3) is 0.308. The molecule has 0 aliphatic heterocycles. The molecule has 1 N–H and O–H groups in total. The zero-order chi connectivity index (χ0) is 13.3. The molecule has 2 rings (SSSR count). The van der Waals surface area contributed by atoms with E-state index in [1.165, 1.54) is 6.07 Å². The molecule has 0 bridgehead atoms. The Hall–Kier alpha value is -1.23. The third-order valence-corrected chi connectivity index (χ3v) is 3.23. The van der Waals surface area contributed by atoms with Crippen LogP contribution in [0.3, 0.4) is 0 Å². The summed E-state index contributed by atoms with van der Waals surface area (Å²) in [5, 5.41) is 3.96. The summed E-state index contributed by atoms with van der Waals surface area (Å²) in [6.45, 7) is 4.56. The molecule has 1 aromatic heterocycles. The minimum Gasteiger partial charge on any atom is -0.385 e. The number of alkyl halides is 2. The smallest absolute Gasteiger partial charge is 0.280 e. The van der Waals surface area contributed by atoms with Crippen LogP contribution in [0.5, 0.6) is 0 Å². The lowest BCUT2D eigenvalue weighted by Crippen LogP contribution is -2.01. The standard InChI is InChI=1S/C13H13BrF2N2/c1-3-17-10-6-11(13(15)16)18-12-8(10)4-7(2)5-9(12)14/h4-6,13H,3H2,1-2H3,(H,17,18). The first-order chi connectivity index (χ1) is 8.52. The van der Waals surface area contributed by atoms with Gasteiger partial charge in [0.1, 0.15) is 5.69 Å². The molecule has 96 valence electrons. The number of nitrogens with one attached hydrogen (secondary N) is 1. The molecule has 5 heteroatoms. The molecule has 0 radical (unpaired) electrons. The van der Waals surface area contributed by atoms with Gasteiger partial charge in [-0.05, 0) is 53.5 Å². The second kappa shape index (κ2) is 5.18. The van der Waals surface area contributed by atoms with Gasteiger partial charge in [0.05, 0.1) is 5.52 Å². The Morgan fingerprint density at radius 2 is 2.06 bits per heavy atom. The number of aryl methyl sites for hydroxylation is 1. The molecule has 0 fully saturated rings. The average Bonchev–Trinajstić information content (AvgIpc) is 2.29. The van der Waals surface area contributed by atoms with Gasteiger partial charge in [-0.3, -0.25) is 0 Å². The van der Waals surface area contributed by atoms with Gasteiger partial charge < -0.3 is 5.32 Å². The van der Waals surface area contributed by atoms with Gasteiger partial charge in [0.15, 0.2) is 0 Å². The molecule has 0 amide bonds. The first-order valence-corrected chi connectivity index (χ1v) is 6.45. The molecule has 0 saturated heterocycles. The maximum absolute atomic E-state index is 12.8. The summed E-state index contributed by atoms with van der Waals surface area (Å²) in [7, 11) is 0. The fourth-order valence-electron chi connectivity index (χ4n) is 1.89. The summed E-state index contributed by atoms with van der Waals surface area (Å²) in [6, 6.07) is 5.24. The fourth-order valence-corrected chi connectivity index (χ4v) is 2.55. The van der Waals surface area contributed by atoms with Crippen molar-refractivity contribution in [3.63, 3.8) is 0 Å². The number of hydrogen-bond acceptors (Lipinski definition) is 2. The Balaban J connectivity index is 2.76. The van der Waals surface area contributed by atoms with Gasteiger partial charge in [-0.15, -0.1) is 0 Å². The van der Waals surface area contributed by atoms with E-state index in [0.717, 1.165) is 15.4 Å². The van der Waals surface area contributed by atoms with Crippen molar-refractivity contribution in [1.82, 2.24) is 4.98 Å². The normalized spacial score (nSPS) is 11.2. The first-order valence-electron chi connectivity index (χ1n) is 5.65. The van der Waals surface area contributed by atoms with Crippen LogP contribution < -0.4 is 5.32 Å². The summed E-state index contributed by atoms with van der Waals surface area (Å²) in [4.78, 5) is 4.02. The van der Waals surface area contributed by atoms with Crippen molar-refractivity contribution >= 4 is 32.5 Å². The van der Waals surface area contributed by atoms with Gasteiger partial charge in [-0.1, -0.05) is 0 Å². The number of benzene rings is 1. The largest absolute Gasteiger partial charge is 0.385 e. The van der Waals surface area contributed by atoms with Crippen LogP contribution in [0.25, 0.3) is 10.9 Å². The number of rotatable bonds is 3. The number of nitrogens with zero attached hydrogens (tertiary/aromatic N) is 1. The minimum absolute atomic E-state index is 0.206. The van der Waals surface area contributed by atoms with Crippen LogP contribution in [0, 0.1) is 6.92 Å². The van der Waals surface area contributed by atoms with Crippen LogP contribution in [-0.4, -0.2) is 11.5 Å². The molecule has 1 aromatic carbocycles. The summed E-state index contributed by atoms with van der Waals surface area (Å²) in [5.74, 6) is 0. The van der Waals surface area contributed by atoms with E-state index in [2.05, 4.69) is 26.2 Å². The minimum atomic E-state index is -2.57. The van der Waals surface area contributed by atoms with E-state index in [0.29, 0.717) is 17.7 Å². The Morgan fingerprint density at radius 3 is 2.67 bits per heavy atom. The van der Waals surface area contributed by atoms with Crippen molar-refractivity contribution in [2.24, 2.45) is 0 Å². The Bertz CT molecular complexity index is 585.